The van der Waals surface area contributed by atoms with Gasteiger partial charge in [-0.25, -0.2) is 4.98 Å². The van der Waals surface area contributed by atoms with Crippen molar-refractivity contribution in [1.82, 2.24) is 20.2 Å². The molecular formula is C20H18N6O. The normalized spacial score (nSPS) is 13.0. The molecule has 7 heteroatoms. The highest BCUT2D eigenvalue weighted by atomic mass is 16.5. The monoisotopic (exact) mass is 358 g/mol. The van der Waals surface area contributed by atoms with Crippen molar-refractivity contribution in [2.75, 3.05) is 17.3 Å². The summed E-state index contributed by atoms with van der Waals surface area (Å²) < 4.78 is 5.33. The molecule has 7 nitrogen and oxygen atoms in total. The first-order chi connectivity index (χ1) is 13.3. The lowest BCUT2D eigenvalue weighted by Gasteiger charge is -2.17. The molecule has 0 spiro atoms. The molecule has 0 amide bonds. The number of fused-ring (bicyclic) bond motifs is 2. The molecule has 27 heavy (non-hydrogen) atoms. The van der Waals surface area contributed by atoms with Crippen LogP contribution >= 0.6 is 0 Å². The molecule has 1 aliphatic heterocycles. The average Bonchev–Trinajstić information content (AvgIpc) is 3.33. The van der Waals surface area contributed by atoms with Crippen molar-refractivity contribution in [1.29, 1.82) is 0 Å². The number of H-pyrrole nitrogens is 1. The lowest BCUT2D eigenvalue weighted by molar-refractivity contribution is 0.414. The lowest BCUT2D eigenvalue weighted by atomic mass is 10.1. The highest BCUT2D eigenvalue weighted by molar-refractivity contribution is 5.82. The van der Waals surface area contributed by atoms with Crippen LogP contribution in [0.3, 0.4) is 0 Å². The van der Waals surface area contributed by atoms with Gasteiger partial charge in [0.15, 0.2) is 5.82 Å². The second-order valence-electron chi connectivity index (χ2n) is 6.55. The summed E-state index contributed by atoms with van der Waals surface area (Å²) in [6, 6.07) is 12.2. The average molecular weight is 358 g/mol. The van der Waals surface area contributed by atoms with E-state index in [4.69, 9.17) is 9.72 Å². The molecule has 0 unspecified atom stereocenters. The largest absolute Gasteiger partial charge is 0.497 e. The van der Waals surface area contributed by atoms with E-state index >= 15 is 0 Å². The van der Waals surface area contributed by atoms with Gasteiger partial charge in [-0.05, 0) is 41.5 Å². The number of hydrogen-bond donors (Lipinski definition) is 2. The third-order valence-corrected chi connectivity index (χ3v) is 4.79. The third kappa shape index (κ3) is 2.93. The van der Waals surface area contributed by atoms with Crippen LogP contribution in [0.2, 0.25) is 0 Å². The van der Waals surface area contributed by atoms with E-state index < -0.39 is 0 Å². The van der Waals surface area contributed by atoms with Gasteiger partial charge in [-0.15, -0.1) is 0 Å². The Labute approximate surface area is 156 Å². The Hall–Kier alpha value is -3.61. The summed E-state index contributed by atoms with van der Waals surface area (Å²) in [6.07, 6.45) is 5.33. The smallest absolute Gasteiger partial charge is 0.151 e. The van der Waals surface area contributed by atoms with Crippen molar-refractivity contribution in [3.8, 4) is 5.75 Å². The van der Waals surface area contributed by atoms with E-state index in [9.17, 15) is 0 Å². The predicted octanol–water partition coefficient (Wildman–Crippen LogP) is 3.63. The van der Waals surface area contributed by atoms with E-state index in [0.29, 0.717) is 5.82 Å². The number of hydrogen-bond acceptors (Lipinski definition) is 6. The number of nitrogens with zero attached hydrogens (tertiary/aromatic N) is 4. The van der Waals surface area contributed by atoms with Crippen molar-refractivity contribution in [2.45, 2.75) is 13.1 Å². The van der Waals surface area contributed by atoms with Gasteiger partial charge in [-0.2, -0.15) is 5.10 Å². The van der Waals surface area contributed by atoms with Gasteiger partial charge in [0.1, 0.15) is 11.6 Å². The second-order valence-corrected chi connectivity index (χ2v) is 6.55. The van der Waals surface area contributed by atoms with Crippen molar-refractivity contribution in [3.05, 3.63) is 66.1 Å². The number of rotatable bonds is 4. The maximum atomic E-state index is 5.33. The maximum Gasteiger partial charge on any atom is 0.151 e. The van der Waals surface area contributed by atoms with E-state index in [1.807, 2.05) is 24.3 Å². The number of anilines is 3. The van der Waals surface area contributed by atoms with Crippen molar-refractivity contribution in [2.24, 2.45) is 0 Å². The van der Waals surface area contributed by atoms with E-state index in [1.165, 1.54) is 11.1 Å². The van der Waals surface area contributed by atoms with Gasteiger partial charge in [0.25, 0.3) is 0 Å². The number of aromatic amines is 1. The first kappa shape index (κ1) is 15.6. The highest BCUT2D eigenvalue weighted by Gasteiger charge is 2.21. The van der Waals surface area contributed by atoms with Gasteiger partial charge < -0.3 is 15.0 Å². The molecule has 2 N–H and O–H groups in total. The zero-order valence-corrected chi connectivity index (χ0v) is 14.8. The molecule has 0 saturated heterocycles. The van der Waals surface area contributed by atoms with Gasteiger partial charge in [0, 0.05) is 24.2 Å². The summed E-state index contributed by atoms with van der Waals surface area (Å²) in [5.74, 6) is 2.44. The Balaban J connectivity index is 1.37. The molecule has 3 heterocycles. The Morgan fingerprint density at radius 3 is 2.89 bits per heavy atom. The molecule has 0 atom stereocenters. The number of ether oxygens (including phenoxy) is 1. The van der Waals surface area contributed by atoms with Gasteiger partial charge in [0.2, 0.25) is 0 Å². The molecule has 134 valence electrons. The summed E-state index contributed by atoms with van der Waals surface area (Å²) in [5, 5.41) is 11.4. The topological polar surface area (TPSA) is 79.0 Å². The molecule has 1 aliphatic rings. The fraction of sp³-hybridized carbons (Fsp3) is 0.150. The van der Waals surface area contributed by atoms with Gasteiger partial charge in [-0.3, -0.25) is 10.1 Å². The minimum absolute atomic E-state index is 0.712. The summed E-state index contributed by atoms with van der Waals surface area (Å²) in [6.45, 7) is 1.62. The van der Waals surface area contributed by atoms with E-state index in [0.717, 1.165) is 41.2 Å². The number of nitrogens with one attached hydrogen (secondary N) is 2. The molecule has 2 aromatic heterocycles. The fourth-order valence-electron chi connectivity index (χ4n) is 3.40. The minimum Gasteiger partial charge on any atom is -0.497 e. The van der Waals surface area contributed by atoms with Crippen molar-refractivity contribution in [3.63, 3.8) is 0 Å². The van der Waals surface area contributed by atoms with Crippen molar-refractivity contribution >= 4 is 28.2 Å². The zero-order chi connectivity index (χ0) is 18.2. The molecule has 0 aliphatic carbocycles. The Morgan fingerprint density at radius 1 is 1.04 bits per heavy atom. The van der Waals surface area contributed by atoms with Gasteiger partial charge in [0.05, 0.1) is 31.2 Å². The summed E-state index contributed by atoms with van der Waals surface area (Å²) in [5.41, 5.74) is 4.51. The van der Waals surface area contributed by atoms with E-state index in [-0.39, 0.29) is 0 Å². The zero-order valence-electron chi connectivity index (χ0n) is 14.8. The first-order valence-corrected chi connectivity index (χ1v) is 8.71. The Morgan fingerprint density at radius 2 is 1.96 bits per heavy atom. The number of methoxy groups -OCH3 is 1. The maximum absolute atomic E-state index is 5.33. The van der Waals surface area contributed by atoms with E-state index in [1.54, 1.807) is 25.7 Å². The van der Waals surface area contributed by atoms with Crippen molar-refractivity contribution < 1.29 is 4.74 Å². The third-order valence-electron chi connectivity index (χ3n) is 4.79. The van der Waals surface area contributed by atoms with Gasteiger partial charge in [-0.1, -0.05) is 6.07 Å². The predicted molar refractivity (Wildman–Crippen MR) is 104 cm³/mol. The van der Waals surface area contributed by atoms with Crippen LogP contribution in [0.15, 0.2) is 55.0 Å². The van der Waals surface area contributed by atoms with Crippen LogP contribution in [0.5, 0.6) is 5.75 Å². The molecular weight excluding hydrogens is 340 g/mol. The van der Waals surface area contributed by atoms with E-state index in [2.05, 4.69) is 37.5 Å². The Kier molecular flexibility index (Phi) is 3.64. The van der Waals surface area contributed by atoms with Crippen LogP contribution in [0, 0.1) is 0 Å². The summed E-state index contributed by atoms with van der Waals surface area (Å²) >= 11 is 0. The molecule has 2 aromatic carbocycles. The second kappa shape index (κ2) is 6.28. The summed E-state index contributed by atoms with van der Waals surface area (Å²) in [4.78, 5) is 11.3. The molecule has 0 radical (unpaired) electrons. The van der Waals surface area contributed by atoms with Crippen LogP contribution in [0.25, 0.3) is 10.9 Å². The number of aromatic nitrogens is 4. The van der Waals surface area contributed by atoms with Crippen LogP contribution in [0.1, 0.15) is 11.1 Å². The lowest BCUT2D eigenvalue weighted by Crippen LogP contribution is -2.16. The van der Waals surface area contributed by atoms with Crippen LogP contribution in [-0.2, 0) is 13.1 Å². The SMILES string of the molecule is COc1ccc2c(c1)CN(c1cncc(Nc3ccc4[nH]ncc4c3)n1)C2. The quantitative estimate of drug-likeness (QED) is 0.580. The molecule has 0 fully saturated rings. The minimum atomic E-state index is 0.712. The van der Waals surface area contributed by atoms with Gasteiger partial charge >= 0.3 is 0 Å². The summed E-state index contributed by atoms with van der Waals surface area (Å²) in [7, 11) is 1.69. The molecule has 0 bridgehead atoms. The highest BCUT2D eigenvalue weighted by Crippen LogP contribution is 2.30. The number of benzene rings is 2. The Bertz CT molecular complexity index is 1120. The first-order valence-electron chi connectivity index (χ1n) is 8.71. The van der Waals surface area contributed by atoms with Crippen LogP contribution in [-0.4, -0.2) is 27.3 Å². The fourth-order valence-corrected chi connectivity index (χ4v) is 3.40. The molecule has 0 saturated carbocycles. The molecule has 4 aromatic rings. The van der Waals surface area contributed by atoms with Crippen LogP contribution < -0.4 is 15.0 Å². The van der Waals surface area contributed by atoms with Crippen LogP contribution in [0.4, 0.5) is 17.3 Å². The standard InChI is InChI=1S/C20H18N6O/c1-27-17-4-2-13-11-26(12-15(13)7-17)20-10-21-9-19(24-20)23-16-3-5-18-14(6-16)8-22-25-18/h2-10H,11-12H2,1H3,(H,22,25)(H,23,24). The molecule has 5 rings (SSSR count).